The Morgan fingerprint density at radius 2 is 2.18 bits per heavy atom. The molecule has 0 spiro atoms. The van der Waals surface area contributed by atoms with Crippen LogP contribution in [0.2, 0.25) is 0 Å². The highest BCUT2D eigenvalue weighted by atomic mass is 16.1. The molecule has 0 aromatic rings. The average Bonchev–Trinajstić information content (AvgIpc) is 2.40. The van der Waals surface area contributed by atoms with Crippen LogP contribution in [0.25, 0.3) is 0 Å². The third kappa shape index (κ3) is 3.90. The zero-order valence-electron chi connectivity index (χ0n) is 10.4. The molecule has 0 fully saturated rings. The summed E-state index contributed by atoms with van der Waals surface area (Å²) in [5.74, 6) is 2.33. The summed E-state index contributed by atoms with van der Waals surface area (Å²) >= 11 is 0. The van der Waals surface area contributed by atoms with Gasteiger partial charge in [0.05, 0.1) is 11.0 Å². The first-order chi connectivity index (χ1) is 8.17. The molecule has 0 radical (unpaired) electrons. The van der Waals surface area contributed by atoms with E-state index >= 15 is 0 Å². The van der Waals surface area contributed by atoms with E-state index in [1.807, 2.05) is 19.9 Å². The number of rotatable bonds is 3. The quantitative estimate of drug-likeness (QED) is 0.754. The normalized spacial score (nSPS) is 21.7. The van der Waals surface area contributed by atoms with E-state index < -0.39 is 5.41 Å². The molecule has 0 aromatic carbocycles. The molecule has 0 amide bonds. The minimum absolute atomic E-state index is 0.118. The minimum Gasteiger partial charge on any atom is -0.330 e. The molecule has 0 heterocycles. The predicted octanol–water partition coefficient (Wildman–Crippen LogP) is 1.96. The molecule has 0 aliphatic heterocycles. The van der Waals surface area contributed by atoms with Crippen LogP contribution in [0.4, 0.5) is 0 Å². The fraction of sp³-hybridized carbons (Fsp3) is 0.429. The van der Waals surface area contributed by atoms with E-state index in [-0.39, 0.29) is 11.4 Å². The van der Waals surface area contributed by atoms with Crippen molar-refractivity contribution in [3.05, 3.63) is 23.8 Å². The SMILES string of the molecule is C#CC1(CCCN)C=CC(=O)C(C#N)=C1.CC. The van der Waals surface area contributed by atoms with Crippen molar-refractivity contribution in [2.24, 2.45) is 11.1 Å². The maximum absolute atomic E-state index is 11.2. The average molecular weight is 230 g/mol. The lowest BCUT2D eigenvalue weighted by molar-refractivity contribution is -0.111. The molecule has 1 unspecified atom stereocenters. The van der Waals surface area contributed by atoms with Crippen molar-refractivity contribution >= 4 is 5.78 Å². The van der Waals surface area contributed by atoms with Gasteiger partial charge in [-0.15, -0.1) is 6.42 Å². The lowest BCUT2D eigenvalue weighted by atomic mass is 9.78. The highest BCUT2D eigenvalue weighted by molar-refractivity contribution is 6.08. The van der Waals surface area contributed by atoms with Crippen molar-refractivity contribution in [3.8, 4) is 18.4 Å². The third-order valence-electron chi connectivity index (χ3n) is 2.38. The first-order valence-corrected chi connectivity index (χ1v) is 5.72. The first-order valence-electron chi connectivity index (χ1n) is 5.72. The molecule has 3 heteroatoms. The topological polar surface area (TPSA) is 66.9 Å². The van der Waals surface area contributed by atoms with E-state index in [9.17, 15) is 4.79 Å². The summed E-state index contributed by atoms with van der Waals surface area (Å²) in [5.41, 5.74) is 4.91. The molecule has 1 aliphatic rings. The van der Waals surface area contributed by atoms with Gasteiger partial charge in [0.25, 0.3) is 0 Å². The number of allylic oxidation sites excluding steroid dienone is 4. The van der Waals surface area contributed by atoms with Gasteiger partial charge in [0.1, 0.15) is 6.07 Å². The van der Waals surface area contributed by atoms with Crippen LogP contribution in [0.15, 0.2) is 23.8 Å². The van der Waals surface area contributed by atoms with Crippen molar-refractivity contribution < 1.29 is 4.79 Å². The molecule has 0 aromatic heterocycles. The molecule has 17 heavy (non-hydrogen) atoms. The van der Waals surface area contributed by atoms with Gasteiger partial charge >= 0.3 is 0 Å². The van der Waals surface area contributed by atoms with E-state index in [1.54, 1.807) is 12.2 Å². The van der Waals surface area contributed by atoms with Gasteiger partial charge in [0, 0.05) is 0 Å². The van der Waals surface area contributed by atoms with Gasteiger partial charge < -0.3 is 5.73 Å². The molecule has 2 N–H and O–H groups in total. The Hall–Kier alpha value is -1.84. The van der Waals surface area contributed by atoms with Gasteiger partial charge in [-0.2, -0.15) is 5.26 Å². The van der Waals surface area contributed by atoms with E-state index in [1.165, 1.54) is 6.08 Å². The fourth-order valence-corrected chi connectivity index (χ4v) is 1.49. The molecule has 0 saturated carbocycles. The second-order valence-electron chi connectivity index (χ2n) is 3.44. The molecule has 1 atom stereocenters. The van der Waals surface area contributed by atoms with Gasteiger partial charge in [-0.25, -0.2) is 0 Å². The van der Waals surface area contributed by atoms with Crippen LogP contribution in [0, 0.1) is 29.1 Å². The summed E-state index contributed by atoms with van der Waals surface area (Å²) in [4.78, 5) is 11.2. The van der Waals surface area contributed by atoms with Crippen molar-refractivity contribution in [1.29, 1.82) is 5.26 Å². The number of carbonyl (C=O) groups is 1. The monoisotopic (exact) mass is 230 g/mol. The molecule has 1 rings (SSSR count). The molecule has 1 aliphatic carbocycles. The maximum atomic E-state index is 11.2. The number of carbonyl (C=O) groups excluding carboxylic acids is 1. The Morgan fingerprint density at radius 1 is 1.53 bits per heavy atom. The number of terminal acetylenes is 1. The summed E-state index contributed by atoms with van der Waals surface area (Å²) in [6.45, 7) is 4.54. The van der Waals surface area contributed by atoms with Crippen LogP contribution in [-0.2, 0) is 4.79 Å². The van der Waals surface area contributed by atoms with Gasteiger partial charge in [0.2, 0.25) is 0 Å². The van der Waals surface area contributed by atoms with E-state index in [0.29, 0.717) is 13.0 Å². The summed E-state index contributed by atoms with van der Waals surface area (Å²) in [7, 11) is 0. The van der Waals surface area contributed by atoms with Crippen LogP contribution in [-0.4, -0.2) is 12.3 Å². The Balaban J connectivity index is 0.00000121. The van der Waals surface area contributed by atoms with Crippen molar-refractivity contribution in [2.75, 3.05) is 6.54 Å². The van der Waals surface area contributed by atoms with Gasteiger partial charge in [-0.3, -0.25) is 4.79 Å². The molecule has 90 valence electrons. The Morgan fingerprint density at radius 3 is 2.65 bits per heavy atom. The van der Waals surface area contributed by atoms with Crippen molar-refractivity contribution in [1.82, 2.24) is 0 Å². The van der Waals surface area contributed by atoms with Gasteiger partial charge in [0.15, 0.2) is 5.78 Å². The Kier molecular flexibility index (Phi) is 6.63. The number of hydrogen-bond acceptors (Lipinski definition) is 3. The zero-order chi connectivity index (χ0) is 13.3. The van der Waals surface area contributed by atoms with E-state index in [4.69, 9.17) is 17.4 Å². The van der Waals surface area contributed by atoms with E-state index in [0.717, 1.165) is 6.42 Å². The van der Waals surface area contributed by atoms with Crippen LogP contribution in [0.3, 0.4) is 0 Å². The lowest BCUT2D eigenvalue weighted by Crippen LogP contribution is -2.20. The number of nitriles is 1. The van der Waals surface area contributed by atoms with Crippen molar-refractivity contribution in [2.45, 2.75) is 26.7 Å². The Bertz CT molecular complexity index is 407. The second-order valence-corrected chi connectivity index (χ2v) is 3.44. The van der Waals surface area contributed by atoms with Gasteiger partial charge in [-0.1, -0.05) is 25.8 Å². The van der Waals surface area contributed by atoms with E-state index in [2.05, 4.69) is 5.92 Å². The molecular weight excluding hydrogens is 212 g/mol. The highest BCUT2D eigenvalue weighted by Crippen LogP contribution is 2.31. The van der Waals surface area contributed by atoms with Crippen LogP contribution in [0.1, 0.15) is 26.7 Å². The smallest absolute Gasteiger partial charge is 0.195 e. The number of hydrogen-bond donors (Lipinski definition) is 1. The molecule has 3 nitrogen and oxygen atoms in total. The Labute approximate surface area is 103 Å². The summed E-state index contributed by atoms with van der Waals surface area (Å²) in [6, 6.07) is 1.85. The third-order valence-corrected chi connectivity index (χ3v) is 2.38. The van der Waals surface area contributed by atoms with Crippen molar-refractivity contribution in [3.63, 3.8) is 0 Å². The standard InChI is InChI=1S/C12H12N2O.C2H6/c1-2-12(5-3-7-13)6-4-11(15)10(8-12)9-14;1-2/h1,4,6,8H,3,5,7,13H2;1-2H3. The summed E-state index contributed by atoms with van der Waals surface area (Å²) < 4.78 is 0. The lowest BCUT2D eigenvalue weighted by Gasteiger charge is -2.23. The number of nitrogens with zero attached hydrogens (tertiary/aromatic N) is 1. The number of ketones is 1. The molecule has 0 bridgehead atoms. The van der Waals surface area contributed by atoms with Crippen LogP contribution < -0.4 is 5.73 Å². The van der Waals surface area contributed by atoms with Crippen LogP contribution >= 0.6 is 0 Å². The fourth-order valence-electron chi connectivity index (χ4n) is 1.49. The van der Waals surface area contributed by atoms with Gasteiger partial charge in [-0.05, 0) is 31.5 Å². The maximum Gasteiger partial charge on any atom is 0.195 e. The summed E-state index contributed by atoms with van der Waals surface area (Å²) in [5, 5.41) is 8.75. The number of nitrogens with two attached hydrogens (primary N) is 1. The highest BCUT2D eigenvalue weighted by Gasteiger charge is 2.27. The second kappa shape index (κ2) is 7.44. The van der Waals surface area contributed by atoms with Crippen LogP contribution in [0.5, 0.6) is 0 Å². The minimum atomic E-state index is -0.613. The first kappa shape index (κ1) is 15.2. The molecular formula is C14H18N2O. The summed E-state index contributed by atoms with van der Waals surface area (Å²) in [6.07, 6.45) is 11.5. The predicted molar refractivity (Wildman–Crippen MR) is 68.7 cm³/mol. The molecule has 0 saturated heterocycles. The largest absolute Gasteiger partial charge is 0.330 e. The zero-order valence-corrected chi connectivity index (χ0v) is 10.4.